The highest BCUT2D eigenvalue weighted by Crippen LogP contribution is 2.17. The van der Waals surface area contributed by atoms with Gasteiger partial charge in [-0.15, -0.1) is 4.83 Å². The van der Waals surface area contributed by atoms with Crippen molar-refractivity contribution < 1.29 is 16.8 Å². The predicted molar refractivity (Wildman–Crippen MR) is 52.8 cm³/mol. The zero-order valence-corrected chi connectivity index (χ0v) is 9.73. The molecule has 1 heterocycles. The first-order valence-corrected chi connectivity index (χ1v) is 7.49. The number of hydrogen-bond donors (Lipinski definition) is 1. The van der Waals surface area contributed by atoms with Gasteiger partial charge in [0.15, 0.2) is 9.84 Å². The third-order valence-electron chi connectivity index (χ3n) is 1.94. The maximum absolute atomic E-state index is 11.5. The van der Waals surface area contributed by atoms with Crippen molar-refractivity contribution in [3.63, 3.8) is 0 Å². The van der Waals surface area contributed by atoms with E-state index in [0.29, 0.717) is 0 Å². The summed E-state index contributed by atoms with van der Waals surface area (Å²) in [5.74, 6) is -0.303. The van der Waals surface area contributed by atoms with E-state index in [1.54, 1.807) is 14.1 Å². The Hall–Kier alpha value is -0.180. The minimum absolute atomic E-state index is 0.0357. The number of hydrogen-bond acceptors (Lipinski definition) is 5. The monoisotopic (exact) mass is 242 g/mol. The number of hydrazine groups is 1. The van der Waals surface area contributed by atoms with Crippen LogP contribution in [0.5, 0.6) is 0 Å². The van der Waals surface area contributed by atoms with Crippen molar-refractivity contribution in [1.82, 2.24) is 9.84 Å². The highest BCUT2D eigenvalue weighted by atomic mass is 32.2. The molecule has 84 valence electrons. The zero-order valence-electron chi connectivity index (χ0n) is 8.10. The number of rotatable bonds is 3. The molecule has 1 rings (SSSR count). The maximum atomic E-state index is 11.5. The van der Waals surface area contributed by atoms with Crippen molar-refractivity contribution in [2.45, 2.75) is 11.7 Å². The average Bonchev–Trinajstić information content (AvgIpc) is 2.27. The topological polar surface area (TPSA) is 83.6 Å². The highest BCUT2D eigenvalue weighted by Gasteiger charge is 2.37. The van der Waals surface area contributed by atoms with Crippen molar-refractivity contribution >= 4 is 19.9 Å². The summed E-state index contributed by atoms with van der Waals surface area (Å²) in [4.78, 5) is 2.24. The van der Waals surface area contributed by atoms with Gasteiger partial charge in [-0.05, 0) is 6.42 Å². The fourth-order valence-electron chi connectivity index (χ4n) is 1.33. The summed E-state index contributed by atoms with van der Waals surface area (Å²) < 4.78 is 45.2. The van der Waals surface area contributed by atoms with Gasteiger partial charge in [0.2, 0.25) is 10.0 Å². The van der Waals surface area contributed by atoms with Crippen LogP contribution in [-0.4, -0.2) is 52.7 Å². The summed E-state index contributed by atoms with van der Waals surface area (Å²) in [5, 5.41) is 0.482. The van der Waals surface area contributed by atoms with E-state index in [-0.39, 0.29) is 17.9 Å². The molecule has 1 N–H and O–H groups in total. The molecule has 1 aliphatic heterocycles. The van der Waals surface area contributed by atoms with E-state index in [1.807, 2.05) is 0 Å². The SMILES string of the molecule is CN(C)NS(=O)(=O)[C@@H]1CCS(=O)(=O)C1. The molecular weight excluding hydrogens is 228 g/mol. The molecule has 0 amide bonds. The van der Waals surface area contributed by atoms with Crippen LogP contribution in [0.2, 0.25) is 0 Å². The molecule has 1 atom stereocenters. The smallest absolute Gasteiger partial charge is 0.228 e. The second-order valence-electron chi connectivity index (χ2n) is 3.56. The Balaban J connectivity index is 2.77. The molecule has 1 saturated heterocycles. The van der Waals surface area contributed by atoms with E-state index in [0.717, 1.165) is 0 Å². The molecule has 1 fully saturated rings. The summed E-state index contributed by atoms with van der Waals surface area (Å²) in [6.07, 6.45) is 0.186. The molecule has 0 aromatic heterocycles. The van der Waals surface area contributed by atoms with E-state index in [4.69, 9.17) is 0 Å². The lowest BCUT2D eigenvalue weighted by Gasteiger charge is -2.15. The van der Waals surface area contributed by atoms with E-state index in [9.17, 15) is 16.8 Å². The van der Waals surface area contributed by atoms with Crippen LogP contribution < -0.4 is 4.83 Å². The van der Waals surface area contributed by atoms with Gasteiger partial charge < -0.3 is 0 Å². The number of nitrogens with zero attached hydrogens (tertiary/aromatic N) is 1. The molecule has 0 aromatic rings. The average molecular weight is 242 g/mol. The standard InChI is InChI=1S/C6H14N2O4S2/c1-8(2)7-14(11,12)6-3-4-13(9,10)5-6/h6-7H,3-5H2,1-2H3/t6-/m1/s1. The molecule has 1 aliphatic rings. The van der Waals surface area contributed by atoms with Crippen LogP contribution in [0.25, 0.3) is 0 Å². The summed E-state index contributed by atoms with van der Waals surface area (Å²) in [7, 11) is -3.60. The Labute approximate surface area is 84.2 Å². The van der Waals surface area contributed by atoms with E-state index >= 15 is 0 Å². The molecule has 0 bridgehead atoms. The molecule has 0 saturated carbocycles. The second-order valence-corrected chi connectivity index (χ2v) is 7.72. The van der Waals surface area contributed by atoms with Gasteiger partial charge in [-0.1, -0.05) is 0 Å². The van der Waals surface area contributed by atoms with Crippen molar-refractivity contribution in [1.29, 1.82) is 0 Å². The van der Waals surface area contributed by atoms with E-state index in [2.05, 4.69) is 4.83 Å². The van der Waals surface area contributed by atoms with Crippen molar-refractivity contribution in [3.8, 4) is 0 Å². The van der Waals surface area contributed by atoms with Crippen LogP contribution >= 0.6 is 0 Å². The van der Waals surface area contributed by atoms with Gasteiger partial charge >= 0.3 is 0 Å². The Morgan fingerprint density at radius 3 is 2.29 bits per heavy atom. The fourth-order valence-corrected chi connectivity index (χ4v) is 5.45. The van der Waals surface area contributed by atoms with Gasteiger partial charge in [0, 0.05) is 14.1 Å². The minimum atomic E-state index is -3.53. The molecular formula is C6H14N2O4S2. The summed E-state index contributed by atoms with van der Waals surface area (Å²) in [5.41, 5.74) is 0. The number of nitrogens with one attached hydrogen (secondary N) is 1. The highest BCUT2D eigenvalue weighted by molar-refractivity contribution is 7.95. The van der Waals surface area contributed by atoms with Gasteiger partial charge in [-0.3, -0.25) is 0 Å². The quantitative estimate of drug-likeness (QED) is 0.613. The van der Waals surface area contributed by atoms with E-state index in [1.165, 1.54) is 5.01 Å². The largest absolute Gasteiger partial charge is 0.237 e. The van der Waals surface area contributed by atoms with Crippen LogP contribution in [0.3, 0.4) is 0 Å². The Morgan fingerprint density at radius 1 is 1.36 bits per heavy atom. The van der Waals surface area contributed by atoms with Gasteiger partial charge in [0.1, 0.15) is 0 Å². The third kappa shape index (κ3) is 2.91. The fraction of sp³-hybridized carbons (Fsp3) is 1.00. The number of sulfonamides is 1. The molecule has 14 heavy (non-hydrogen) atoms. The molecule has 0 unspecified atom stereocenters. The Kier molecular flexibility index (Phi) is 3.20. The van der Waals surface area contributed by atoms with Gasteiger partial charge in [0.25, 0.3) is 0 Å². The lowest BCUT2D eigenvalue weighted by Crippen LogP contribution is -2.42. The lowest BCUT2D eigenvalue weighted by atomic mass is 10.4. The van der Waals surface area contributed by atoms with Gasteiger partial charge in [-0.2, -0.15) is 0 Å². The lowest BCUT2D eigenvalue weighted by molar-refractivity contribution is 0.361. The van der Waals surface area contributed by atoms with Crippen LogP contribution in [0.1, 0.15) is 6.42 Å². The molecule has 0 radical (unpaired) electrons. The Bertz CT molecular complexity index is 398. The molecule has 0 aliphatic carbocycles. The molecule has 8 heteroatoms. The molecule has 0 spiro atoms. The van der Waals surface area contributed by atoms with Gasteiger partial charge in [-0.25, -0.2) is 21.8 Å². The number of sulfone groups is 1. The molecule has 6 nitrogen and oxygen atoms in total. The van der Waals surface area contributed by atoms with Crippen molar-refractivity contribution in [3.05, 3.63) is 0 Å². The van der Waals surface area contributed by atoms with Crippen LogP contribution in [0.4, 0.5) is 0 Å². The second kappa shape index (κ2) is 3.76. The van der Waals surface area contributed by atoms with Crippen LogP contribution in [0, 0.1) is 0 Å². The summed E-state index contributed by atoms with van der Waals surface area (Å²) in [6.45, 7) is 0. The zero-order chi connectivity index (χ0) is 11.0. The van der Waals surface area contributed by atoms with Crippen LogP contribution in [0.15, 0.2) is 0 Å². The van der Waals surface area contributed by atoms with Crippen LogP contribution in [-0.2, 0) is 19.9 Å². The first kappa shape index (κ1) is 11.9. The first-order valence-electron chi connectivity index (χ1n) is 4.12. The van der Waals surface area contributed by atoms with Crippen molar-refractivity contribution in [2.75, 3.05) is 25.6 Å². The van der Waals surface area contributed by atoms with E-state index < -0.39 is 25.1 Å². The first-order chi connectivity index (χ1) is 6.23. The summed E-state index contributed by atoms with van der Waals surface area (Å²) >= 11 is 0. The van der Waals surface area contributed by atoms with Gasteiger partial charge in [0.05, 0.1) is 16.8 Å². The third-order valence-corrected chi connectivity index (χ3v) is 5.82. The Morgan fingerprint density at radius 2 is 1.93 bits per heavy atom. The predicted octanol–water partition coefficient (Wildman–Crippen LogP) is -1.43. The van der Waals surface area contributed by atoms with Crippen molar-refractivity contribution in [2.24, 2.45) is 0 Å². The minimum Gasteiger partial charge on any atom is -0.237 e. The maximum Gasteiger partial charge on any atom is 0.228 e. The normalized spacial score (nSPS) is 26.9. The molecule has 0 aromatic carbocycles. The summed E-state index contributed by atoms with van der Waals surface area (Å²) in [6, 6.07) is 0.